The summed E-state index contributed by atoms with van der Waals surface area (Å²) in [5, 5.41) is 18.9. The van der Waals surface area contributed by atoms with Crippen LogP contribution in [-0.2, 0) is 9.47 Å². The predicted octanol–water partition coefficient (Wildman–Crippen LogP) is 2.42. The molecular formula is C20H30ClN7O2. The molecule has 0 amide bonds. The van der Waals surface area contributed by atoms with E-state index in [9.17, 15) is 0 Å². The number of piperidine rings is 1. The van der Waals surface area contributed by atoms with Crippen molar-refractivity contribution in [3.05, 3.63) is 22.6 Å². The number of aromatic nitrogens is 2. The number of ether oxygens (including phenoxy) is 2. The van der Waals surface area contributed by atoms with E-state index >= 15 is 0 Å². The van der Waals surface area contributed by atoms with E-state index in [1.165, 1.54) is 0 Å². The first-order chi connectivity index (χ1) is 14.5. The van der Waals surface area contributed by atoms with Gasteiger partial charge in [-0.25, -0.2) is 4.98 Å². The van der Waals surface area contributed by atoms with E-state index in [-0.39, 0.29) is 11.9 Å². The molecule has 0 aliphatic carbocycles. The second-order valence-electron chi connectivity index (χ2n) is 8.17. The number of rotatable bonds is 3. The van der Waals surface area contributed by atoms with Crippen molar-refractivity contribution in [3.63, 3.8) is 0 Å². The number of anilines is 2. The van der Waals surface area contributed by atoms with Crippen LogP contribution in [0.15, 0.2) is 17.6 Å². The van der Waals surface area contributed by atoms with Gasteiger partial charge in [-0.2, -0.15) is 4.98 Å². The van der Waals surface area contributed by atoms with Gasteiger partial charge in [-0.1, -0.05) is 11.6 Å². The molecule has 10 heteroatoms. The summed E-state index contributed by atoms with van der Waals surface area (Å²) in [6.07, 6.45) is 4.40. The highest BCUT2D eigenvalue weighted by Gasteiger charge is 2.30. The first-order valence-corrected chi connectivity index (χ1v) is 10.9. The highest BCUT2D eigenvalue weighted by molar-refractivity contribution is 6.32. The Morgan fingerprint density at radius 1 is 1.30 bits per heavy atom. The van der Waals surface area contributed by atoms with E-state index in [0.29, 0.717) is 41.2 Å². The van der Waals surface area contributed by atoms with Gasteiger partial charge in [0.05, 0.1) is 32.1 Å². The van der Waals surface area contributed by atoms with Crippen LogP contribution < -0.4 is 16.0 Å². The van der Waals surface area contributed by atoms with E-state index in [1.54, 1.807) is 6.20 Å². The molecule has 2 bridgehead atoms. The first-order valence-electron chi connectivity index (χ1n) is 10.6. The Labute approximate surface area is 182 Å². The molecule has 1 atom stereocenters. The van der Waals surface area contributed by atoms with Gasteiger partial charge in [0.1, 0.15) is 10.7 Å². The molecule has 2 fully saturated rings. The van der Waals surface area contributed by atoms with Crippen molar-refractivity contribution in [2.45, 2.75) is 51.2 Å². The molecular weight excluding hydrogens is 406 g/mol. The van der Waals surface area contributed by atoms with Crippen molar-refractivity contribution in [2.24, 2.45) is 0 Å². The summed E-state index contributed by atoms with van der Waals surface area (Å²) in [6.45, 7) is 8.25. The summed E-state index contributed by atoms with van der Waals surface area (Å²) in [5.41, 5.74) is 1.40. The van der Waals surface area contributed by atoms with Gasteiger partial charge >= 0.3 is 0 Å². The minimum Gasteiger partial charge on any atom is -0.476 e. The summed E-state index contributed by atoms with van der Waals surface area (Å²) < 4.78 is 11.0. The quantitative estimate of drug-likeness (QED) is 0.573. The molecule has 1 aromatic rings. The molecule has 4 heterocycles. The van der Waals surface area contributed by atoms with Gasteiger partial charge in [-0.05, 0) is 26.7 Å². The fourth-order valence-corrected chi connectivity index (χ4v) is 4.04. The largest absolute Gasteiger partial charge is 0.476 e. The highest BCUT2D eigenvalue weighted by Crippen LogP contribution is 2.23. The maximum absolute atomic E-state index is 8.46. The molecule has 9 nitrogen and oxygen atoms in total. The zero-order valence-electron chi connectivity index (χ0n) is 17.5. The number of hydrogen-bond donors (Lipinski definition) is 4. The zero-order chi connectivity index (χ0) is 21.1. The molecule has 4 N–H and O–H groups in total. The van der Waals surface area contributed by atoms with Crippen molar-refractivity contribution in [1.82, 2.24) is 20.2 Å². The van der Waals surface area contributed by atoms with Crippen LogP contribution in [0.5, 0.6) is 0 Å². The Morgan fingerprint density at radius 2 is 2.07 bits per heavy atom. The number of fused-ring (bicyclic) bond motifs is 2. The fraction of sp³-hybridized carbons (Fsp3) is 0.650. The average molecular weight is 436 g/mol. The van der Waals surface area contributed by atoms with Crippen LogP contribution in [-0.4, -0.2) is 71.8 Å². The number of hydrogen-bond acceptors (Lipinski definition) is 9. The predicted molar refractivity (Wildman–Crippen MR) is 117 cm³/mol. The Bertz CT molecular complexity index is 806. The molecule has 0 spiro atoms. The maximum atomic E-state index is 8.46. The zero-order valence-corrected chi connectivity index (χ0v) is 18.3. The monoisotopic (exact) mass is 435 g/mol. The van der Waals surface area contributed by atoms with E-state index in [4.69, 9.17) is 26.5 Å². The molecule has 30 heavy (non-hydrogen) atoms. The Kier molecular flexibility index (Phi) is 6.60. The number of allylic oxidation sites excluding steroid dienone is 1. The summed E-state index contributed by atoms with van der Waals surface area (Å²) in [7, 11) is 0. The third kappa shape index (κ3) is 4.96. The second kappa shape index (κ2) is 9.36. The molecule has 3 aliphatic rings. The molecule has 4 rings (SSSR count). The van der Waals surface area contributed by atoms with Crippen LogP contribution in [0.3, 0.4) is 0 Å². The van der Waals surface area contributed by atoms with Crippen LogP contribution >= 0.6 is 11.6 Å². The molecule has 1 aromatic heterocycles. The number of likely N-dealkylation sites (tertiary alicyclic amines) is 1. The average Bonchev–Trinajstić information content (AvgIpc) is 2.70. The van der Waals surface area contributed by atoms with Crippen LogP contribution in [0.25, 0.3) is 0 Å². The van der Waals surface area contributed by atoms with Gasteiger partial charge in [0.15, 0.2) is 5.82 Å². The van der Waals surface area contributed by atoms with Crippen molar-refractivity contribution in [2.75, 3.05) is 43.5 Å². The second-order valence-corrected chi connectivity index (χ2v) is 8.58. The lowest BCUT2D eigenvalue weighted by molar-refractivity contribution is -0.0716. The number of nitrogens with zero attached hydrogens (tertiary/aromatic N) is 3. The number of nitrogens with one attached hydrogen (secondary N) is 4. The van der Waals surface area contributed by atoms with Gasteiger partial charge in [-0.3, -0.25) is 10.3 Å². The normalized spacial score (nSPS) is 25.8. The van der Waals surface area contributed by atoms with Gasteiger partial charge in [-0.15, -0.1) is 0 Å². The van der Waals surface area contributed by atoms with E-state index in [1.807, 2.05) is 13.8 Å². The fourth-order valence-electron chi connectivity index (χ4n) is 3.90. The van der Waals surface area contributed by atoms with Gasteiger partial charge in [0, 0.05) is 37.3 Å². The maximum Gasteiger partial charge on any atom is 0.232 e. The van der Waals surface area contributed by atoms with Crippen LogP contribution in [0, 0.1) is 5.41 Å². The van der Waals surface area contributed by atoms with Crippen LogP contribution in [0.2, 0.25) is 5.02 Å². The lowest BCUT2D eigenvalue weighted by Crippen LogP contribution is -2.53. The topological polar surface area (TPSA) is 107 Å². The van der Waals surface area contributed by atoms with E-state index in [2.05, 4.69) is 30.8 Å². The van der Waals surface area contributed by atoms with E-state index < -0.39 is 0 Å². The van der Waals surface area contributed by atoms with Crippen molar-refractivity contribution < 1.29 is 9.47 Å². The van der Waals surface area contributed by atoms with E-state index in [0.717, 1.165) is 51.3 Å². The minimum absolute atomic E-state index is 0.0817. The molecule has 3 aliphatic heterocycles. The van der Waals surface area contributed by atoms with Crippen LogP contribution in [0.1, 0.15) is 33.1 Å². The van der Waals surface area contributed by atoms with Crippen molar-refractivity contribution in [3.8, 4) is 0 Å². The molecule has 0 radical (unpaired) electrons. The van der Waals surface area contributed by atoms with Crippen molar-refractivity contribution >= 4 is 29.3 Å². The summed E-state index contributed by atoms with van der Waals surface area (Å²) in [6, 6.07) is 1.04. The highest BCUT2D eigenvalue weighted by atomic mass is 35.5. The summed E-state index contributed by atoms with van der Waals surface area (Å²) in [4.78, 5) is 11.3. The molecule has 0 aromatic carbocycles. The lowest BCUT2D eigenvalue weighted by atomic mass is 10.0. The Hall–Kier alpha value is -2.10. The standard InChI is InChI=1S/C20H30ClN7O2/c1-12-5-8-30-18(22)17(26-20-23-9-16(21)19(24-12)27-20)13(2)25-14-3-6-28(7-4-14)15-10-29-11-15/h9,12,14-15,22,25H,3-8,10-11H2,1-2H3,(H2,23,24,26,27)/b17-13+,22-18?/t12-/m1/s1. The number of halogens is 1. The first kappa shape index (κ1) is 21.1. The van der Waals surface area contributed by atoms with Crippen molar-refractivity contribution in [1.29, 1.82) is 5.41 Å². The Morgan fingerprint density at radius 3 is 2.77 bits per heavy atom. The molecule has 0 saturated carbocycles. The van der Waals surface area contributed by atoms with Gasteiger partial charge in [0.2, 0.25) is 11.8 Å². The lowest BCUT2D eigenvalue weighted by Gasteiger charge is -2.41. The summed E-state index contributed by atoms with van der Waals surface area (Å²) >= 11 is 6.24. The molecule has 164 valence electrons. The van der Waals surface area contributed by atoms with Gasteiger partial charge < -0.3 is 25.4 Å². The third-order valence-electron chi connectivity index (χ3n) is 5.85. The molecule has 0 unspecified atom stereocenters. The third-order valence-corrected chi connectivity index (χ3v) is 6.13. The van der Waals surface area contributed by atoms with Crippen LogP contribution in [0.4, 0.5) is 11.8 Å². The molecule has 2 saturated heterocycles. The Balaban J connectivity index is 1.48. The smallest absolute Gasteiger partial charge is 0.232 e. The minimum atomic E-state index is 0.0817. The summed E-state index contributed by atoms with van der Waals surface area (Å²) in [5.74, 6) is 1.03. The van der Waals surface area contributed by atoms with Gasteiger partial charge in [0.25, 0.3) is 0 Å². The SMILES string of the molecule is C/C(NC1CCN(C2COC2)CC1)=C1\Nc2ncc(Cl)c(n2)N[C@H](C)CCOC1=N.